The van der Waals surface area contributed by atoms with Gasteiger partial charge in [0.15, 0.2) is 0 Å². The van der Waals surface area contributed by atoms with E-state index in [4.69, 9.17) is 22.1 Å². The van der Waals surface area contributed by atoms with Crippen LogP contribution in [0.5, 0.6) is 5.75 Å². The van der Waals surface area contributed by atoms with Crippen molar-refractivity contribution in [2.75, 3.05) is 13.7 Å². The number of aryl methyl sites for hydroxylation is 1. The third-order valence-electron chi connectivity index (χ3n) is 3.43. The third kappa shape index (κ3) is 2.57. The largest absolute Gasteiger partial charge is 0.495 e. The summed E-state index contributed by atoms with van der Waals surface area (Å²) in [5, 5.41) is 4.06. The molecule has 0 amide bonds. The average molecular weight is 255 g/mol. The minimum Gasteiger partial charge on any atom is -0.495 e. The van der Waals surface area contributed by atoms with Crippen molar-refractivity contribution in [1.82, 2.24) is 5.32 Å². The molecule has 0 aliphatic carbocycles. The highest BCUT2D eigenvalue weighted by Crippen LogP contribution is 2.32. The minimum absolute atomic E-state index is 0.000839. The van der Waals surface area contributed by atoms with Gasteiger partial charge in [0.05, 0.1) is 12.1 Å². The number of rotatable bonds is 3. The number of ether oxygens (including phenoxy) is 1. The first-order valence-electron chi connectivity index (χ1n) is 5.96. The first kappa shape index (κ1) is 12.7. The van der Waals surface area contributed by atoms with E-state index in [0.29, 0.717) is 16.8 Å². The van der Waals surface area contributed by atoms with E-state index in [2.05, 4.69) is 5.32 Å². The van der Waals surface area contributed by atoms with Crippen LogP contribution in [-0.4, -0.2) is 19.7 Å². The maximum absolute atomic E-state index is 6.30. The maximum atomic E-state index is 6.30. The van der Waals surface area contributed by atoms with Crippen LogP contribution in [-0.2, 0) is 0 Å². The van der Waals surface area contributed by atoms with Crippen molar-refractivity contribution in [3.63, 3.8) is 0 Å². The van der Waals surface area contributed by atoms with Crippen molar-refractivity contribution in [3.05, 3.63) is 28.3 Å². The minimum atomic E-state index is 0.000839. The first-order chi connectivity index (χ1) is 8.13. The van der Waals surface area contributed by atoms with Gasteiger partial charge in [0.1, 0.15) is 5.75 Å². The Hall–Kier alpha value is -0.770. The zero-order valence-electron chi connectivity index (χ0n) is 10.3. The molecule has 2 rings (SSSR count). The summed E-state index contributed by atoms with van der Waals surface area (Å²) in [5.74, 6) is 0.708. The van der Waals surface area contributed by atoms with Gasteiger partial charge in [0, 0.05) is 12.1 Å². The molecule has 0 bridgehead atoms. The van der Waals surface area contributed by atoms with Crippen molar-refractivity contribution in [3.8, 4) is 5.75 Å². The first-order valence-corrected chi connectivity index (χ1v) is 6.34. The molecule has 1 aliphatic heterocycles. The molecule has 0 radical (unpaired) electrons. The summed E-state index contributed by atoms with van der Waals surface area (Å²) in [7, 11) is 1.62. The second kappa shape index (κ2) is 5.25. The van der Waals surface area contributed by atoms with Gasteiger partial charge in [-0.3, -0.25) is 0 Å². The van der Waals surface area contributed by atoms with Gasteiger partial charge >= 0.3 is 0 Å². The lowest BCUT2D eigenvalue weighted by atomic mass is 9.95. The smallest absolute Gasteiger partial charge is 0.137 e. The van der Waals surface area contributed by atoms with E-state index >= 15 is 0 Å². The van der Waals surface area contributed by atoms with Gasteiger partial charge in [-0.25, -0.2) is 0 Å². The predicted molar refractivity (Wildman–Crippen MR) is 70.7 cm³/mol. The maximum Gasteiger partial charge on any atom is 0.137 e. The number of nitrogens with one attached hydrogen (secondary N) is 1. The SMILES string of the molecule is COc1cc(C)c(C(N)C2CCCN2)cc1Cl. The molecule has 2 atom stereocenters. The van der Waals surface area contributed by atoms with E-state index in [-0.39, 0.29) is 6.04 Å². The highest BCUT2D eigenvalue weighted by molar-refractivity contribution is 6.32. The molecule has 1 heterocycles. The Balaban J connectivity index is 2.28. The van der Waals surface area contributed by atoms with Crippen LogP contribution in [0.25, 0.3) is 0 Å². The fourth-order valence-corrected chi connectivity index (χ4v) is 2.67. The number of hydrogen-bond acceptors (Lipinski definition) is 3. The van der Waals surface area contributed by atoms with E-state index in [1.54, 1.807) is 7.11 Å². The lowest BCUT2D eigenvalue weighted by Crippen LogP contribution is -2.34. The molecule has 0 spiro atoms. The van der Waals surface area contributed by atoms with Crippen LogP contribution >= 0.6 is 11.6 Å². The van der Waals surface area contributed by atoms with E-state index in [1.807, 2.05) is 19.1 Å². The van der Waals surface area contributed by atoms with Gasteiger partial charge in [0.25, 0.3) is 0 Å². The summed E-state index contributed by atoms with van der Waals surface area (Å²) in [6.45, 7) is 3.10. The molecular formula is C13H19ClN2O. The normalized spacial score (nSPS) is 21.5. The number of nitrogens with two attached hydrogens (primary N) is 1. The summed E-state index contributed by atoms with van der Waals surface area (Å²) in [6, 6.07) is 4.24. The number of halogens is 1. The standard InChI is InChI=1S/C13H19ClN2O/c1-8-6-12(17-2)10(14)7-9(8)13(15)11-4-3-5-16-11/h6-7,11,13,16H,3-5,15H2,1-2H3. The Bertz CT molecular complexity index is 403. The van der Waals surface area contributed by atoms with Crippen LogP contribution in [0.15, 0.2) is 12.1 Å². The predicted octanol–water partition coefficient (Wildman–Crippen LogP) is 2.41. The molecular weight excluding hydrogens is 236 g/mol. The van der Waals surface area contributed by atoms with Gasteiger partial charge < -0.3 is 15.8 Å². The van der Waals surface area contributed by atoms with Crippen LogP contribution in [0.2, 0.25) is 5.02 Å². The van der Waals surface area contributed by atoms with Crippen molar-refractivity contribution >= 4 is 11.6 Å². The molecule has 17 heavy (non-hydrogen) atoms. The summed E-state index contributed by atoms with van der Waals surface area (Å²) in [6.07, 6.45) is 2.32. The second-order valence-electron chi connectivity index (χ2n) is 4.57. The third-order valence-corrected chi connectivity index (χ3v) is 3.73. The molecule has 94 valence electrons. The van der Waals surface area contributed by atoms with Gasteiger partial charge in [-0.05, 0) is 49.6 Å². The topological polar surface area (TPSA) is 47.3 Å². The molecule has 0 aromatic heterocycles. The second-order valence-corrected chi connectivity index (χ2v) is 4.98. The molecule has 1 aromatic rings. The fourth-order valence-electron chi connectivity index (χ4n) is 2.42. The van der Waals surface area contributed by atoms with E-state index in [9.17, 15) is 0 Å². The van der Waals surface area contributed by atoms with E-state index in [1.165, 1.54) is 6.42 Å². The molecule has 0 saturated carbocycles. The van der Waals surface area contributed by atoms with Crippen molar-refractivity contribution < 1.29 is 4.74 Å². The Labute approximate surface area is 107 Å². The summed E-state index contributed by atoms with van der Waals surface area (Å²) in [4.78, 5) is 0. The van der Waals surface area contributed by atoms with Crippen LogP contribution in [0.4, 0.5) is 0 Å². The molecule has 1 aromatic carbocycles. The Morgan fingerprint density at radius 1 is 1.53 bits per heavy atom. The zero-order valence-corrected chi connectivity index (χ0v) is 11.1. The quantitative estimate of drug-likeness (QED) is 0.871. The monoisotopic (exact) mass is 254 g/mol. The lowest BCUT2D eigenvalue weighted by molar-refractivity contribution is 0.414. The van der Waals surface area contributed by atoms with Gasteiger partial charge in [0.2, 0.25) is 0 Å². The average Bonchev–Trinajstić information content (AvgIpc) is 2.84. The fraction of sp³-hybridized carbons (Fsp3) is 0.538. The highest BCUT2D eigenvalue weighted by Gasteiger charge is 2.24. The Morgan fingerprint density at radius 3 is 2.88 bits per heavy atom. The van der Waals surface area contributed by atoms with Crippen molar-refractivity contribution in [1.29, 1.82) is 0 Å². The summed E-state index contributed by atoms with van der Waals surface area (Å²) >= 11 is 6.15. The Morgan fingerprint density at radius 2 is 2.29 bits per heavy atom. The van der Waals surface area contributed by atoms with Crippen LogP contribution < -0.4 is 15.8 Å². The molecule has 1 saturated heterocycles. The number of benzene rings is 1. The number of hydrogen-bond donors (Lipinski definition) is 2. The van der Waals surface area contributed by atoms with Crippen LogP contribution in [0.1, 0.15) is 30.0 Å². The van der Waals surface area contributed by atoms with Gasteiger partial charge in [-0.15, -0.1) is 0 Å². The number of methoxy groups -OCH3 is 1. The van der Waals surface area contributed by atoms with Gasteiger partial charge in [-0.2, -0.15) is 0 Å². The van der Waals surface area contributed by atoms with E-state index < -0.39 is 0 Å². The molecule has 1 fully saturated rings. The molecule has 3 N–H and O–H groups in total. The van der Waals surface area contributed by atoms with Gasteiger partial charge in [-0.1, -0.05) is 11.6 Å². The summed E-state index contributed by atoms with van der Waals surface area (Å²) in [5.41, 5.74) is 8.54. The molecule has 3 nitrogen and oxygen atoms in total. The highest BCUT2D eigenvalue weighted by atomic mass is 35.5. The molecule has 2 unspecified atom stereocenters. The Kier molecular flexibility index (Phi) is 3.92. The van der Waals surface area contributed by atoms with Crippen LogP contribution in [0, 0.1) is 6.92 Å². The van der Waals surface area contributed by atoms with Crippen LogP contribution in [0.3, 0.4) is 0 Å². The van der Waals surface area contributed by atoms with Crippen molar-refractivity contribution in [2.45, 2.75) is 31.8 Å². The summed E-state index contributed by atoms with van der Waals surface area (Å²) < 4.78 is 5.20. The molecule has 4 heteroatoms. The lowest BCUT2D eigenvalue weighted by Gasteiger charge is -2.22. The van der Waals surface area contributed by atoms with E-state index in [0.717, 1.165) is 24.1 Å². The molecule has 1 aliphatic rings. The van der Waals surface area contributed by atoms with Crippen molar-refractivity contribution in [2.24, 2.45) is 5.73 Å². The zero-order chi connectivity index (χ0) is 12.4.